The fraction of sp³-hybridized carbons (Fsp3) is 0.385. The molecule has 0 saturated carbocycles. The maximum atomic E-state index is 12.3. The van der Waals surface area contributed by atoms with Gasteiger partial charge in [-0.3, -0.25) is 9.35 Å². The molecule has 2 aliphatic rings. The monoisotopic (exact) mass is 428 g/mol. The van der Waals surface area contributed by atoms with Crippen molar-refractivity contribution >= 4 is 32.3 Å². The first kappa shape index (κ1) is 22.1. The number of sulfonamides is 1. The van der Waals surface area contributed by atoms with Gasteiger partial charge in [-0.25, -0.2) is 22.7 Å². The van der Waals surface area contributed by atoms with Crippen molar-refractivity contribution in [2.24, 2.45) is 5.14 Å². The summed E-state index contributed by atoms with van der Waals surface area (Å²) in [6, 6.07) is 3.36. The molecule has 0 aromatic heterocycles. The molecule has 2 atom stereocenters. The molecule has 0 spiro atoms. The molecule has 2 heterocycles. The summed E-state index contributed by atoms with van der Waals surface area (Å²) in [4.78, 5) is 25.3. The van der Waals surface area contributed by atoms with E-state index in [0.717, 1.165) is 0 Å². The van der Waals surface area contributed by atoms with Crippen molar-refractivity contribution in [3.8, 4) is 0 Å². The molecule has 1 aromatic rings. The molecular formula is C13H17N4NaO7S2. The first-order valence-electron chi connectivity index (χ1n) is 7.47. The number of amides is 3. The number of hydrogen-bond acceptors (Lipinski definition) is 6. The average molecular weight is 428 g/mol. The van der Waals surface area contributed by atoms with Crippen LogP contribution in [0.15, 0.2) is 29.2 Å². The molecule has 3 rings (SSSR count). The Balaban J connectivity index is 0.00000196. The molecule has 2 saturated heterocycles. The second-order valence-corrected chi connectivity index (χ2v) is 8.80. The smallest absolute Gasteiger partial charge is 1.00 e. The predicted molar refractivity (Wildman–Crippen MR) is 88.5 cm³/mol. The minimum Gasteiger partial charge on any atom is -1.00 e. The van der Waals surface area contributed by atoms with Gasteiger partial charge in [-0.05, 0) is 24.1 Å². The van der Waals surface area contributed by atoms with Gasteiger partial charge in [0.05, 0.1) is 10.9 Å². The van der Waals surface area contributed by atoms with Gasteiger partial charge in [0.15, 0.2) is 0 Å². The molecule has 2 fully saturated rings. The summed E-state index contributed by atoms with van der Waals surface area (Å²) >= 11 is 0. The number of urea groups is 1. The van der Waals surface area contributed by atoms with Gasteiger partial charge in [0.1, 0.15) is 6.04 Å². The number of carbonyl (C=O) groups is 2. The van der Waals surface area contributed by atoms with Crippen LogP contribution in [-0.4, -0.2) is 61.2 Å². The zero-order valence-corrected chi connectivity index (χ0v) is 17.9. The second kappa shape index (κ2) is 7.66. The van der Waals surface area contributed by atoms with Gasteiger partial charge in [0, 0.05) is 13.1 Å². The van der Waals surface area contributed by atoms with Crippen molar-refractivity contribution in [3.63, 3.8) is 0 Å². The minimum absolute atomic E-state index is 0. The van der Waals surface area contributed by atoms with Crippen LogP contribution in [0.2, 0.25) is 0 Å². The summed E-state index contributed by atoms with van der Waals surface area (Å²) in [5.74, 6) is -0.845. The number of fused-ring (bicyclic) bond motifs is 1. The third-order valence-corrected chi connectivity index (χ3v) is 6.22. The van der Waals surface area contributed by atoms with Crippen LogP contribution in [0.25, 0.3) is 0 Å². The topological polar surface area (TPSA) is 167 Å². The van der Waals surface area contributed by atoms with Crippen molar-refractivity contribution in [2.45, 2.75) is 29.9 Å². The van der Waals surface area contributed by atoms with E-state index in [-0.39, 0.29) is 55.4 Å². The van der Waals surface area contributed by atoms with Crippen LogP contribution in [0.3, 0.4) is 0 Å². The van der Waals surface area contributed by atoms with E-state index in [1.165, 1.54) is 29.2 Å². The number of β-lactam (4-membered cyclic amide) rings is 1. The van der Waals surface area contributed by atoms with Crippen LogP contribution in [-0.2, 0) is 31.7 Å². The van der Waals surface area contributed by atoms with Crippen LogP contribution in [0.5, 0.6) is 0 Å². The summed E-state index contributed by atoms with van der Waals surface area (Å²) in [5, 5.41) is 7.58. The van der Waals surface area contributed by atoms with E-state index in [1.54, 1.807) is 0 Å². The SMILES string of the molecule is NS(=O)(=O)c1ccc(CNC(=O)N2CC[C@@H]3[C@H]2C(=O)N3S(=O)(=O)O)cc1.[H-].[Na+]. The Hall–Kier alpha value is -1.22. The van der Waals surface area contributed by atoms with Gasteiger partial charge in [-0.2, -0.15) is 8.42 Å². The third kappa shape index (κ3) is 4.29. The number of primary sulfonamides is 1. The molecule has 4 N–H and O–H groups in total. The van der Waals surface area contributed by atoms with Crippen molar-refractivity contribution in [1.82, 2.24) is 14.5 Å². The largest absolute Gasteiger partial charge is 1.00 e. The average Bonchev–Trinajstić information content (AvgIpc) is 2.89. The van der Waals surface area contributed by atoms with E-state index >= 15 is 0 Å². The van der Waals surface area contributed by atoms with E-state index < -0.39 is 44.3 Å². The maximum Gasteiger partial charge on any atom is 1.00 e. The zero-order chi connectivity index (χ0) is 19.3. The van der Waals surface area contributed by atoms with Crippen LogP contribution in [0.4, 0.5) is 4.79 Å². The summed E-state index contributed by atoms with van der Waals surface area (Å²) in [6.07, 6.45) is 0.243. The molecular weight excluding hydrogens is 411 g/mol. The number of benzene rings is 1. The Morgan fingerprint density at radius 3 is 2.37 bits per heavy atom. The van der Waals surface area contributed by atoms with E-state index in [1.807, 2.05) is 0 Å². The number of carbonyl (C=O) groups excluding carboxylic acids is 2. The number of nitrogens with two attached hydrogens (primary N) is 1. The molecule has 3 amide bonds. The Kier molecular flexibility index (Phi) is 6.26. The van der Waals surface area contributed by atoms with Crippen molar-refractivity contribution < 1.29 is 62.0 Å². The Morgan fingerprint density at radius 2 is 1.85 bits per heavy atom. The zero-order valence-electron chi connectivity index (χ0n) is 15.3. The molecule has 0 radical (unpaired) electrons. The van der Waals surface area contributed by atoms with E-state index in [4.69, 9.17) is 9.69 Å². The molecule has 14 heteroatoms. The minimum atomic E-state index is -4.62. The molecule has 0 bridgehead atoms. The van der Waals surface area contributed by atoms with Gasteiger partial charge in [0.2, 0.25) is 10.0 Å². The van der Waals surface area contributed by atoms with Crippen molar-refractivity contribution in [1.29, 1.82) is 0 Å². The van der Waals surface area contributed by atoms with Gasteiger partial charge in [-0.1, -0.05) is 12.1 Å². The van der Waals surface area contributed by atoms with Crippen LogP contribution < -0.4 is 40.0 Å². The molecule has 11 nitrogen and oxygen atoms in total. The number of hydrogen-bond donors (Lipinski definition) is 3. The first-order chi connectivity index (χ1) is 12.0. The molecule has 27 heavy (non-hydrogen) atoms. The van der Waals surface area contributed by atoms with Crippen LogP contribution >= 0.6 is 0 Å². The molecule has 0 aliphatic carbocycles. The van der Waals surface area contributed by atoms with Crippen LogP contribution in [0.1, 0.15) is 13.4 Å². The standard InChI is InChI=1S/C13H16N4O7S2.Na.H/c14-25(20,21)9-3-1-8(2-4-9)7-15-13(19)16-6-5-10-11(16)12(18)17(10)26(22,23)24;;/h1-4,10-11H,5-7H2,(H,15,19)(H2,14,20,21)(H,22,23,24);;/q;+1;-1/t10-,11+;;/m1../s1. The van der Waals surface area contributed by atoms with Gasteiger partial charge >= 0.3 is 45.9 Å². The summed E-state index contributed by atoms with van der Waals surface area (Å²) < 4.78 is 54.1. The fourth-order valence-electron chi connectivity index (χ4n) is 3.12. The maximum absolute atomic E-state index is 12.3. The predicted octanol–water partition coefficient (Wildman–Crippen LogP) is -4.25. The summed E-state index contributed by atoms with van der Waals surface area (Å²) in [7, 11) is -8.42. The quantitative estimate of drug-likeness (QED) is 0.248. The summed E-state index contributed by atoms with van der Waals surface area (Å²) in [6.45, 7) is 0.247. The molecule has 1 aromatic carbocycles. The van der Waals surface area contributed by atoms with Gasteiger partial charge < -0.3 is 11.6 Å². The third-order valence-electron chi connectivity index (χ3n) is 4.34. The number of nitrogens with zero attached hydrogens (tertiary/aromatic N) is 2. The van der Waals surface area contributed by atoms with Gasteiger partial charge in [0.25, 0.3) is 5.91 Å². The molecule has 144 valence electrons. The Labute approximate surface area is 179 Å². The number of nitrogens with one attached hydrogen (secondary N) is 1. The van der Waals surface area contributed by atoms with Gasteiger partial charge in [-0.15, -0.1) is 0 Å². The fourth-order valence-corrected chi connectivity index (χ4v) is 4.53. The Morgan fingerprint density at radius 1 is 1.26 bits per heavy atom. The Bertz CT molecular complexity index is 971. The number of rotatable bonds is 4. The van der Waals surface area contributed by atoms with E-state index in [0.29, 0.717) is 9.87 Å². The van der Waals surface area contributed by atoms with Crippen LogP contribution in [0, 0.1) is 0 Å². The van der Waals surface area contributed by atoms with E-state index in [2.05, 4.69) is 5.32 Å². The van der Waals surface area contributed by atoms with E-state index in [9.17, 15) is 26.4 Å². The first-order valence-corrected chi connectivity index (χ1v) is 10.4. The second-order valence-electron chi connectivity index (χ2n) is 5.95. The molecule has 2 aliphatic heterocycles. The van der Waals surface area contributed by atoms with Crippen molar-refractivity contribution in [2.75, 3.05) is 6.54 Å². The normalized spacial score (nSPS) is 21.9. The van der Waals surface area contributed by atoms with Crippen molar-refractivity contribution in [3.05, 3.63) is 29.8 Å². The number of likely N-dealkylation sites (tertiary alicyclic amines) is 1. The summed E-state index contributed by atoms with van der Waals surface area (Å²) in [5.41, 5.74) is 0.612. The molecule has 0 unspecified atom stereocenters.